The third-order valence-corrected chi connectivity index (χ3v) is 5.98. The molecule has 0 atom stereocenters. The molecule has 3 aromatic carbocycles. The van der Waals surface area contributed by atoms with Crippen LogP contribution in [0.3, 0.4) is 0 Å². The number of nitrogens with zero attached hydrogens (tertiary/aromatic N) is 2. The van der Waals surface area contributed by atoms with Crippen LogP contribution in [0.2, 0.25) is 0 Å². The van der Waals surface area contributed by atoms with Gasteiger partial charge in [-0.15, -0.1) is 0 Å². The molecule has 0 heterocycles. The molecule has 166 valence electrons. The Morgan fingerprint density at radius 2 is 1.62 bits per heavy atom. The number of anilines is 1. The molecule has 1 N–H and O–H groups in total. The zero-order valence-corrected chi connectivity index (χ0v) is 19.0. The maximum Gasteiger partial charge on any atom is 0.271 e. The van der Waals surface area contributed by atoms with Gasteiger partial charge in [-0.1, -0.05) is 29.8 Å². The molecule has 0 fully saturated rings. The van der Waals surface area contributed by atoms with E-state index < -0.39 is 15.9 Å². The summed E-state index contributed by atoms with van der Waals surface area (Å²) in [7, 11) is -1.90. The Labute approximate surface area is 188 Å². The Morgan fingerprint density at radius 3 is 2.22 bits per heavy atom. The molecule has 32 heavy (non-hydrogen) atoms. The average Bonchev–Trinajstić information content (AvgIpc) is 2.78. The van der Waals surface area contributed by atoms with Gasteiger partial charge in [0.1, 0.15) is 12.4 Å². The lowest BCUT2D eigenvalue weighted by molar-refractivity contribution is 0.0955. The van der Waals surface area contributed by atoms with Gasteiger partial charge in [-0.2, -0.15) is 5.10 Å². The number of sulfonamides is 1. The van der Waals surface area contributed by atoms with Crippen LogP contribution in [0.5, 0.6) is 5.75 Å². The molecule has 0 unspecified atom stereocenters. The number of rotatable bonds is 8. The van der Waals surface area contributed by atoms with Crippen LogP contribution in [0.1, 0.15) is 27.0 Å². The van der Waals surface area contributed by atoms with Gasteiger partial charge in [0.05, 0.1) is 18.2 Å². The molecule has 0 spiro atoms. The normalized spacial score (nSPS) is 11.3. The number of aryl methyl sites for hydroxylation is 1. The summed E-state index contributed by atoms with van der Waals surface area (Å²) < 4.78 is 30.1. The van der Waals surface area contributed by atoms with Crippen molar-refractivity contribution in [1.29, 1.82) is 0 Å². The number of amides is 1. The summed E-state index contributed by atoms with van der Waals surface area (Å²) in [6.45, 7) is 2.53. The van der Waals surface area contributed by atoms with E-state index in [0.717, 1.165) is 27.4 Å². The lowest BCUT2D eigenvalue weighted by Crippen LogP contribution is -2.25. The van der Waals surface area contributed by atoms with Gasteiger partial charge in [0.25, 0.3) is 5.91 Å². The monoisotopic (exact) mass is 451 g/mol. The molecule has 0 aliphatic heterocycles. The standard InChI is InChI=1S/C24H25N3O4S/c1-18-4-6-20(7-5-18)17-31-23-14-8-19(9-15-23)16-25-26-24(28)21-10-12-22(13-11-21)27(2)32(3,29)30/h4-16H,17H2,1-3H3,(H,26,28)/b25-16-. The lowest BCUT2D eigenvalue weighted by Gasteiger charge is -2.16. The third kappa shape index (κ3) is 6.42. The zero-order chi connectivity index (χ0) is 23.1. The predicted molar refractivity (Wildman–Crippen MR) is 127 cm³/mol. The fourth-order valence-corrected chi connectivity index (χ4v) is 3.25. The molecule has 3 aromatic rings. The quantitative estimate of drug-likeness (QED) is 0.418. The van der Waals surface area contributed by atoms with Crippen LogP contribution in [0.4, 0.5) is 5.69 Å². The molecule has 0 bridgehead atoms. The molecule has 0 saturated heterocycles. The minimum Gasteiger partial charge on any atom is -0.489 e. The first kappa shape index (κ1) is 23.0. The molecule has 7 nitrogen and oxygen atoms in total. The van der Waals surface area contributed by atoms with Crippen molar-refractivity contribution in [3.05, 3.63) is 95.1 Å². The van der Waals surface area contributed by atoms with Gasteiger partial charge < -0.3 is 4.74 Å². The van der Waals surface area contributed by atoms with Crippen molar-refractivity contribution in [1.82, 2.24) is 5.43 Å². The molecular formula is C24H25N3O4S. The van der Waals surface area contributed by atoms with Crippen molar-refractivity contribution in [2.45, 2.75) is 13.5 Å². The zero-order valence-electron chi connectivity index (χ0n) is 18.1. The Balaban J connectivity index is 1.51. The van der Waals surface area contributed by atoms with Crippen molar-refractivity contribution in [3.63, 3.8) is 0 Å². The molecule has 0 aliphatic carbocycles. The van der Waals surface area contributed by atoms with Crippen LogP contribution in [-0.4, -0.2) is 33.8 Å². The molecule has 0 radical (unpaired) electrons. The first-order valence-electron chi connectivity index (χ1n) is 9.88. The van der Waals surface area contributed by atoms with E-state index in [1.165, 1.54) is 18.8 Å². The highest BCUT2D eigenvalue weighted by Crippen LogP contribution is 2.16. The summed E-state index contributed by atoms with van der Waals surface area (Å²) in [4.78, 5) is 12.2. The molecule has 1 amide bonds. The summed E-state index contributed by atoms with van der Waals surface area (Å²) in [6.07, 6.45) is 2.65. The van der Waals surface area contributed by atoms with E-state index in [0.29, 0.717) is 17.9 Å². The van der Waals surface area contributed by atoms with Gasteiger partial charge in [0, 0.05) is 12.6 Å². The van der Waals surface area contributed by atoms with Crippen LogP contribution >= 0.6 is 0 Å². The van der Waals surface area contributed by atoms with E-state index in [9.17, 15) is 13.2 Å². The highest BCUT2D eigenvalue weighted by molar-refractivity contribution is 7.92. The van der Waals surface area contributed by atoms with Crippen molar-refractivity contribution in [2.75, 3.05) is 17.6 Å². The Hall–Kier alpha value is -3.65. The number of ether oxygens (including phenoxy) is 1. The second kappa shape index (κ2) is 10.1. The lowest BCUT2D eigenvalue weighted by atomic mass is 10.2. The number of carbonyl (C=O) groups is 1. The van der Waals surface area contributed by atoms with Crippen LogP contribution in [0.25, 0.3) is 0 Å². The summed E-state index contributed by atoms with van der Waals surface area (Å²) in [5, 5.41) is 3.97. The first-order chi connectivity index (χ1) is 15.2. The SMILES string of the molecule is Cc1ccc(COc2ccc(/C=N\NC(=O)c3ccc(N(C)S(C)(=O)=O)cc3)cc2)cc1. The topological polar surface area (TPSA) is 88.1 Å². The maximum atomic E-state index is 12.2. The molecule has 0 aliphatic rings. The second-order valence-electron chi connectivity index (χ2n) is 7.32. The van der Waals surface area contributed by atoms with Crippen molar-refractivity contribution >= 4 is 27.8 Å². The molecule has 0 saturated carbocycles. The number of hydrazone groups is 1. The maximum absolute atomic E-state index is 12.2. The van der Waals surface area contributed by atoms with Gasteiger partial charge in [-0.3, -0.25) is 9.10 Å². The summed E-state index contributed by atoms with van der Waals surface area (Å²) in [6, 6.07) is 21.8. The third-order valence-electron chi connectivity index (χ3n) is 4.78. The van der Waals surface area contributed by atoms with E-state index in [2.05, 4.69) is 22.7 Å². The van der Waals surface area contributed by atoms with Crippen LogP contribution in [-0.2, 0) is 16.6 Å². The Kier molecular flexibility index (Phi) is 7.27. The number of hydrogen-bond acceptors (Lipinski definition) is 5. The Bertz CT molecular complexity index is 1190. The van der Waals surface area contributed by atoms with Gasteiger partial charge in [0.15, 0.2) is 0 Å². The van der Waals surface area contributed by atoms with E-state index in [-0.39, 0.29) is 0 Å². The molecule has 8 heteroatoms. The molecular weight excluding hydrogens is 426 g/mol. The van der Waals surface area contributed by atoms with Gasteiger partial charge >= 0.3 is 0 Å². The van der Waals surface area contributed by atoms with Gasteiger partial charge in [-0.25, -0.2) is 13.8 Å². The average molecular weight is 452 g/mol. The first-order valence-corrected chi connectivity index (χ1v) is 11.7. The highest BCUT2D eigenvalue weighted by atomic mass is 32.2. The molecule has 3 rings (SSSR count). The minimum atomic E-state index is -3.36. The minimum absolute atomic E-state index is 0.368. The molecule has 0 aromatic heterocycles. The number of hydrogen-bond donors (Lipinski definition) is 1. The van der Waals surface area contributed by atoms with Gasteiger partial charge in [0.2, 0.25) is 10.0 Å². The van der Waals surface area contributed by atoms with Crippen molar-refractivity contribution in [3.8, 4) is 5.75 Å². The second-order valence-corrected chi connectivity index (χ2v) is 9.33. The predicted octanol–water partition coefficient (Wildman–Crippen LogP) is 3.73. The fraction of sp³-hybridized carbons (Fsp3) is 0.167. The van der Waals surface area contributed by atoms with Crippen LogP contribution in [0.15, 0.2) is 77.9 Å². The van der Waals surface area contributed by atoms with E-state index in [4.69, 9.17) is 4.74 Å². The van der Waals surface area contributed by atoms with Crippen LogP contribution < -0.4 is 14.5 Å². The van der Waals surface area contributed by atoms with Gasteiger partial charge in [-0.05, 0) is 66.6 Å². The smallest absolute Gasteiger partial charge is 0.271 e. The van der Waals surface area contributed by atoms with Crippen LogP contribution in [0, 0.1) is 6.92 Å². The Morgan fingerprint density at radius 1 is 1.00 bits per heavy atom. The van der Waals surface area contributed by atoms with Crippen molar-refractivity contribution in [2.24, 2.45) is 5.10 Å². The number of carbonyl (C=O) groups excluding carboxylic acids is 1. The largest absolute Gasteiger partial charge is 0.489 e. The number of benzene rings is 3. The highest BCUT2D eigenvalue weighted by Gasteiger charge is 2.12. The fourth-order valence-electron chi connectivity index (χ4n) is 2.75. The van der Waals surface area contributed by atoms with E-state index in [1.54, 1.807) is 24.3 Å². The van der Waals surface area contributed by atoms with E-state index >= 15 is 0 Å². The summed E-state index contributed by atoms with van der Waals surface area (Å²) >= 11 is 0. The van der Waals surface area contributed by atoms with E-state index in [1.807, 2.05) is 43.3 Å². The van der Waals surface area contributed by atoms with Crippen molar-refractivity contribution < 1.29 is 17.9 Å². The summed E-state index contributed by atoms with van der Waals surface area (Å²) in [5.41, 5.74) is 6.41. The number of nitrogens with one attached hydrogen (secondary N) is 1. The summed E-state index contributed by atoms with van der Waals surface area (Å²) in [5.74, 6) is 0.346.